The van der Waals surface area contributed by atoms with Gasteiger partial charge in [0.1, 0.15) is 5.82 Å². The highest BCUT2D eigenvalue weighted by Crippen LogP contribution is 2.28. The van der Waals surface area contributed by atoms with E-state index in [4.69, 9.17) is 4.98 Å². The quantitative estimate of drug-likeness (QED) is 0.611. The van der Waals surface area contributed by atoms with Gasteiger partial charge in [-0.1, -0.05) is 50.2 Å². The van der Waals surface area contributed by atoms with Gasteiger partial charge in [-0.05, 0) is 43.5 Å². The maximum absolute atomic E-state index is 4.78. The number of hydrogen-bond acceptors (Lipinski definition) is 4. The molecule has 4 nitrogen and oxygen atoms in total. The third-order valence-electron chi connectivity index (χ3n) is 4.33. The van der Waals surface area contributed by atoms with Gasteiger partial charge in [0.25, 0.3) is 0 Å². The van der Waals surface area contributed by atoms with E-state index in [0.717, 1.165) is 29.4 Å². The van der Waals surface area contributed by atoms with Crippen LogP contribution in [0.4, 0.5) is 23.1 Å². The molecule has 0 spiro atoms. The smallest absolute Gasteiger partial charge is 0.229 e. The van der Waals surface area contributed by atoms with Gasteiger partial charge in [0.05, 0.1) is 0 Å². The van der Waals surface area contributed by atoms with Gasteiger partial charge in [-0.15, -0.1) is 0 Å². The standard InChI is InChI=1S/C22H26N4/c1-5-26(18-11-7-6-8-12-18)21-15-17(4)23-22(25-21)24-20-14-10-9-13-19(20)16(2)3/h6-16H,5H2,1-4H3,(H,23,24,25). The molecule has 0 radical (unpaired) electrons. The molecule has 0 saturated heterocycles. The molecule has 0 bridgehead atoms. The number of para-hydroxylation sites is 2. The summed E-state index contributed by atoms with van der Waals surface area (Å²) in [5.74, 6) is 1.96. The Morgan fingerprint density at radius 2 is 1.65 bits per heavy atom. The first kappa shape index (κ1) is 17.9. The summed E-state index contributed by atoms with van der Waals surface area (Å²) in [6.07, 6.45) is 0. The van der Waals surface area contributed by atoms with Crippen LogP contribution in [0.25, 0.3) is 0 Å². The third kappa shape index (κ3) is 4.02. The molecule has 0 atom stereocenters. The lowest BCUT2D eigenvalue weighted by molar-refractivity contribution is 0.868. The number of anilines is 4. The third-order valence-corrected chi connectivity index (χ3v) is 4.33. The molecule has 0 fully saturated rings. The van der Waals surface area contributed by atoms with Crippen molar-refractivity contribution in [3.63, 3.8) is 0 Å². The van der Waals surface area contributed by atoms with Crippen molar-refractivity contribution in [3.8, 4) is 0 Å². The summed E-state index contributed by atoms with van der Waals surface area (Å²) in [6.45, 7) is 9.35. The molecule has 2 aromatic carbocycles. The van der Waals surface area contributed by atoms with Crippen LogP contribution in [0, 0.1) is 6.92 Å². The Kier molecular flexibility index (Phi) is 5.52. The first-order chi connectivity index (χ1) is 12.6. The predicted molar refractivity (Wildman–Crippen MR) is 110 cm³/mol. The molecule has 0 saturated carbocycles. The summed E-state index contributed by atoms with van der Waals surface area (Å²) in [5.41, 5.74) is 4.38. The second kappa shape index (κ2) is 8.00. The van der Waals surface area contributed by atoms with Crippen LogP contribution in [-0.2, 0) is 0 Å². The second-order valence-corrected chi connectivity index (χ2v) is 6.64. The molecular weight excluding hydrogens is 320 g/mol. The van der Waals surface area contributed by atoms with E-state index in [2.05, 4.69) is 66.3 Å². The highest BCUT2D eigenvalue weighted by molar-refractivity contribution is 5.64. The molecule has 1 heterocycles. The molecule has 0 aliphatic rings. The molecule has 0 aliphatic heterocycles. The largest absolute Gasteiger partial charge is 0.326 e. The SMILES string of the molecule is CCN(c1ccccc1)c1cc(C)nc(Nc2ccccc2C(C)C)n1. The molecule has 3 rings (SSSR count). The van der Waals surface area contributed by atoms with Gasteiger partial charge in [-0.2, -0.15) is 4.98 Å². The van der Waals surface area contributed by atoms with Crippen LogP contribution >= 0.6 is 0 Å². The zero-order valence-corrected chi connectivity index (χ0v) is 15.9. The van der Waals surface area contributed by atoms with E-state index in [1.807, 2.05) is 37.3 Å². The van der Waals surface area contributed by atoms with Crippen LogP contribution in [0.15, 0.2) is 60.7 Å². The van der Waals surface area contributed by atoms with Gasteiger partial charge in [0.15, 0.2) is 0 Å². The number of nitrogens with zero attached hydrogens (tertiary/aromatic N) is 3. The predicted octanol–water partition coefficient (Wildman–Crippen LogP) is 5.81. The van der Waals surface area contributed by atoms with Crippen LogP contribution in [0.5, 0.6) is 0 Å². The van der Waals surface area contributed by atoms with Crippen molar-refractivity contribution >= 4 is 23.1 Å². The Hall–Kier alpha value is -2.88. The fraction of sp³-hybridized carbons (Fsp3) is 0.273. The average molecular weight is 346 g/mol. The molecule has 134 valence electrons. The van der Waals surface area contributed by atoms with Crippen LogP contribution in [-0.4, -0.2) is 16.5 Å². The van der Waals surface area contributed by atoms with E-state index in [1.54, 1.807) is 0 Å². The molecule has 0 amide bonds. The summed E-state index contributed by atoms with van der Waals surface area (Å²) in [4.78, 5) is 11.6. The number of nitrogens with one attached hydrogen (secondary N) is 1. The Morgan fingerprint density at radius 3 is 2.35 bits per heavy atom. The van der Waals surface area contributed by atoms with Crippen LogP contribution in [0.1, 0.15) is 37.9 Å². The van der Waals surface area contributed by atoms with Crippen LogP contribution < -0.4 is 10.2 Å². The second-order valence-electron chi connectivity index (χ2n) is 6.64. The number of benzene rings is 2. The molecule has 26 heavy (non-hydrogen) atoms. The summed E-state index contributed by atoms with van der Waals surface area (Å²) in [7, 11) is 0. The van der Waals surface area contributed by atoms with Crippen molar-refractivity contribution in [3.05, 3.63) is 71.9 Å². The lowest BCUT2D eigenvalue weighted by Gasteiger charge is -2.23. The Labute approximate surface area is 155 Å². The first-order valence-electron chi connectivity index (χ1n) is 9.12. The fourth-order valence-electron chi connectivity index (χ4n) is 3.07. The molecular formula is C22H26N4. The van der Waals surface area contributed by atoms with Crippen LogP contribution in [0.3, 0.4) is 0 Å². The molecule has 1 N–H and O–H groups in total. The highest BCUT2D eigenvalue weighted by Gasteiger charge is 2.13. The van der Waals surface area contributed by atoms with Crippen molar-refractivity contribution < 1.29 is 0 Å². The minimum atomic E-state index is 0.430. The van der Waals surface area contributed by atoms with Crippen molar-refractivity contribution in [2.45, 2.75) is 33.6 Å². The highest BCUT2D eigenvalue weighted by atomic mass is 15.2. The van der Waals surface area contributed by atoms with Gasteiger partial charge >= 0.3 is 0 Å². The van der Waals surface area contributed by atoms with E-state index >= 15 is 0 Å². The Balaban J connectivity index is 1.96. The van der Waals surface area contributed by atoms with Gasteiger partial charge in [-0.25, -0.2) is 4.98 Å². The Bertz CT molecular complexity index is 859. The van der Waals surface area contributed by atoms with Crippen molar-refractivity contribution in [1.29, 1.82) is 0 Å². The topological polar surface area (TPSA) is 41.1 Å². The minimum Gasteiger partial charge on any atom is -0.326 e. The number of aromatic nitrogens is 2. The number of rotatable bonds is 6. The summed E-state index contributed by atoms with van der Waals surface area (Å²) in [5, 5.41) is 3.42. The normalized spacial score (nSPS) is 10.8. The maximum atomic E-state index is 4.78. The lowest BCUT2D eigenvalue weighted by Crippen LogP contribution is -2.18. The van der Waals surface area contributed by atoms with Crippen molar-refractivity contribution in [2.24, 2.45) is 0 Å². The van der Waals surface area contributed by atoms with Crippen molar-refractivity contribution in [1.82, 2.24) is 9.97 Å². The maximum Gasteiger partial charge on any atom is 0.229 e. The van der Waals surface area contributed by atoms with Gasteiger partial charge in [0, 0.05) is 29.7 Å². The molecule has 1 aromatic heterocycles. The zero-order chi connectivity index (χ0) is 18.5. The van der Waals surface area contributed by atoms with E-state index in [0.29, 0.717) is 11.9 Å². The lowest BCUT2D eigenvalue weighted by atomic mass is 10.0. The summed E-state index contributed by atoms with van der Waals surface area (Å²) >= 11 is 0. The van der Waals surface area contributed by atoms with E-state index in [-0.39, 0.29) is 0 Å². The average Bonchev–Trinajstić information content (AvgIpc) is 2.63. The molecule has 3 aromatic rings. The first-order valence-corrected chi connectivity index (χ1v) is 9.12. The van der Waals surface area contributed by atoms with E-state index < -0.39 is 0 Å². The van der Waals surface area contributed by atoms with Gasteiger partial charge in [-0.3, -0.25) is 0 Å². The summed E-state index contributed by atoms with van der Waals surface area (Å²) < 4.78 is 0. The monoisotopic (exact) mass is 346 g/mol. The fourth-order valence-corrected chi connectivity index (χ4v) is 3.07. The summed E-state index contributed by atoms with van der Waals surface area (Å²) in [6, 6.07) is 20.7. The van der Waals surface area contributed by atoms with Gasteiger partial charge in [0.2, 0.25) is 5.95 Å². The number of aryl methyl sites for hydroxylation is 1. The van der Waals surface area contributed by atoms with Crippen molar-refractivity contribution in [2.75, 3.05) is 16.8 Å². The Morgan fingerprint density at radius 1 is 0.962 bits per heavy atom. The number of hydrogen-bond donors (Lipinski definition) is 1. The van der Waals surface area contributed by atoms with Crippen LogP contribution in [0.2, 0.25) is 0 Å². The molecule has 0 unspecified atom stereocenters. The minimum absolute atomic E-state index is 0.430. The van der Waals surface area contributed by atoms with Gasteiger partial charge < -0.3 is 10.2 Å². The zero-order valence-electron chi connectivity index (χ0n) is 15.9. The molecule has 0 aliphatic carbocycles. The van der Waals surface area contributed by atoms with E-state index in [9.17, 15) is 0 Å². The molecule has 4 heteroatoms. The van der Waals surface area contributed by atoms with E-state index in [1.165, 1.54) is 5.56 Å².